The molecule has 0 spiro atoms. The van der Waals surface area contributed by atoms with Crippen molar-refractivity contribution in [2.45, 2.75) is 38.5 Å². The van der Waals surface area contributed by atoms with Crippen LogP contribution in [-0.4, -0.2) is 34.5 Å². The highest BCUT2D eigenvalue weighted by molar-refractivity contribution is 7.92. The second kappa shape index (κ2) is 7.44. The fourth-order valence-electron chi connectivity index (χ4n) is 3.45. The Balaban J connectivity index is 1.99. The van der Waals surface area contributed by atoms with Crippen LogP contribution in [-0.2, 0) is 16.4 Å². The van der Waals surface area contributed by atoms with Gasteiger partial charge < -0.3 is 0 Å². The minimum atomic E-state index is -3.79. The number of nitrogens with zero attached hydrogens (tertiary/aromatic N) is 5. The van der Waals surface area contributed by atoms with E-state index in [0.29, 0.717) is 17.0 Å². The van der Waals surface area contributed by atoms with Crippen LogP contribution in [0.15, 0.2) is 53.4 Å². The van der Waals surface area contributed by atoms with Crippen molar-refractivity contribution in [2.75, 3.05) is 10.8 Å². The first kappa shape index (κ1) is 19.3. The quantitative estimate of drug-likeness (QED) is 0.484. The summed E-state index contributed by atoms with van der Waals surface area (Å²) in [6.07, 6.45) is 1.65. The zero-order chi connectivity index (χ0) is 20.6. The predicted octanol–water partition coefficient (Wildman–Crippen LogP) is 3.75. The summed E-state index contributed by atoms with van der Waals surface area (Å²) in [5.74, 6) is 1.09. The van der Waals surface area contributed by atoms with Crippen LogP contribution in [0.3, 0.4) is 0 Å². The van der Waals surface area contributed by atoms with Crippen molar-refractivity contribution in [2.24, 2.45) is 0 Å². The number of anilines is 1. The third-order valence-corrected chi connectivity index (χ3v) is 6.76. The van der Waals surface area contributed by atoms with Gasteiger partial charge in [0, 0.05) is 13.0 Å². The Kier molecular flexibility index (Phi) is 4.96. The molecule has 2 aromatic carbocycles. The minimum absolute atomic E-state index is 0.228. The molecule has 0 amide bonds. The van der Waals surface area contributed by atoms with Gasteiger partial charge in [0.15, 0.2) is 5.82 Å². The summed E-state index contributed by atoms with van der Waals surface area (Å²) in [6, 6.07) is 14.5. The van der Waals surface area contributed by atoms with E-state index in [0.717, 1.165) is 29.7 Å². The van der Waals surface area contributed by atoms with E-state index in [2.05, 4.69) is 22.1 Å². The minimum Gasteiger partial charge on any atom is -0.274 e. The van der Waals surface area contributed by atoms with Crippen LogP contribution in [0.4, 0.5) is 5.82 Å². The number of benzene rings is 2. The molecule has 0 radical (unpaired) electrons. The number of fused-ring (bicyclic) bond motifs is 3. The zero-order valence-electron chi connectivity index (χ0n) is 16.7. The van der Waals surface area contributed by atoms with Crippen molar-refractivity contribution >= 4 is 32.5 Å². The number of aryl methyl sites for hydroxylation is 2. The second-order valence-electron chi connectivity index (χ2n) is 6.93. The summed E-state index contributed by atoms with van der Waals surface area (Å²) < 4.78 is 30.1. The number of hydrogen-bond donors (Lipinski definition) is 0. The molecule has 0 atom stereocenters. The van der Waals surface area contributed by atoms with Crippen molar-refractivity contribution < 1.29 is 8.42 Å². The third-order valence-electron chi connectivity index (χ3n) is 4.89. The van der Waals surface area contributed by atoms with E-state index in [1.165, 1.54) is 4.31 Å². The van der Waals surface area contributed by atoms with E-state index < -0.39 is 10.0 Å². The van der Waals surface area contributed by atoms with Gasteiger partial charge >= 0.3 is 0 Å². The Hall–Kier alpha value is -3.00. The number of para-hydroxylation sites is 2. The number of rotatable bonds is 6. The molecule has 0 aliphatic heterocycles. The maximum atomic E-state index is 13.4. The van der Waals surface area contributed by atoms with Crippen LogP contribution in [0.1, 0.15) is 31.7 Å². The molecule has 0 saturated heterocycles. The molecule has 4 aromatic rings. The van der Waals surface area contributed by atoms with E-state index >= 15 is 0 Å². The fraction of sp³-hybridized carbons (Fsp3) is 0.286. The van der Waals surface area contributed by atoms with Crippen LogP contribution < -0.4 is 4.31 Å². The van der Waals surface area contributed by atoms with Crippen molar-refractivity contribution in [1.82, 2.24) is 19.6 Å². The lowest BCUT2D eigenvalue weighted by molar-refractivity contribution is 0.591. The monoisotopic (exact) mass is 409 g/mol. The van der Waals surface area contributed by atoms with E-state index in [-0.39, 0.29) is 11.4 Å². The summed E-state index contributed by atoms with van der Waals surface area (Å²) in [6.45, 7) is 6.02. The Morgan fingerprint density at radius 2 is 1.72 bits per heavy atom. The number of sulfonamides is 1. The second-order valence-corrected chi connectivity index (χ2v) is 8.79. The molecule has 4 rings (SSSR count). The van der Waals surface area contributed by atoms with Gasteiger partial charge in [0.2, 0.25) is 5.65 Å². The predicted molar refractivity (Wildman–Crippen MR) is 114 cm³/mol. The third kappa shape index (κ3) is 3.23. The van der Waals surface area contributed by atoms with E-state index in [1.807, 2.05) is 35.6 Å². The fourth-order valence-corrected chi connectivity index (χ4v) is 4.87. The molecule has 29 heavy (non-hydrogen) atoms. The Labute approximate surface area is 170 Å². The van der Waals surface area contributed by atoms with Crippen molar-refractivity contribution in [3.8, 4) is 0 Å². The molecule has 7 nitrogen and oxygen atoms in total. The van der Waals surface area contributed by atoms with Crippen LogP contribution in [0.25, 0.3) is 16.7 Å². The van der Waals surface area contributed by atoms with Crippen molar-refractivity contribution in [3.63, 3.8) is 0 Å². The van der Waals surface area contributed by atoms with Gasteiger partial charge in [-0.1, -0.05) is 36.8 Å². The average Bonchev–Trinajstić information content (AvgIpc) is 3.13. The Bertz CT molecular complexity index is 1280. The van der Waals surface area contributed by atoms with Crippen molar-refractivity contribution in [3.05, 3.63) is 59.9 Å². The van der Waals surface area contributed by atoms with E-state index in [9.17, 15) is 8.42 Å². The lowest BCUT2D eigenvalue weighted by Gasteiger charge is -2.22. The molecule has 2 aromatic heterocycles. The molecule has 0 fully saturated rings. The summed E-state index contributed by atoms with van der Waals surface area (Å²) in [7, 11) is -3.79. The largest absolute Gasteiger partial charge is 0.274 e. The van der Waals surface area contributed by atoms with Gasteiger partial charge in [-0.25, -0.2) is 17.7 Å². The molecule has 0 saturated carbocycles. The van der Waals surface area contributed by atoms with Gasteiger partial charge in [0.05, 0.1) is 15.9 Å². The Morgan fingerprint density at radius 3 is 2.41 bits per heavy atom. The summed E-state index contributed by atoms with van der Waals surface area (Å²) in [5, 5.41) is 8.65. The van der Waals surface area contributed by atoms with Crippen LogP contribution in [0.5, 0.6) is 0 Å². The highest BCUT2D eigenvalue weighted by atomic mass is 32.2. The molecule has 2 heterocycles. The highest BCUT2D eigenvalue weighted by Gasteiger charge is 2.28. The SMILES string of the molecule is CCCc1nnc2c(N(CC)S(=O)(=O)c3ccc(C)cc3)nc3ccccc3n12. The molecule has 8 heteroatoms. The van der Waals surface area contributed by atoms with Gasteiger partial charge in [-0.2, -0.15) is 0 Å². The first-order valence-corrected chi connectivity index (χ1v) is 11.1. The Morgan fingerprint density at radius 1 is 1.00 bits per heavy atom. The zero-order valence-corrected chi connectivity index (χ0v) is 17.5. The van der Waals surface area contributed by atoms with Gasteiger partial charge in [-0.15, -0.1) is 10.2 Å². The molecule has 0 bridgehead atoms. The van der Waals surface area contributed by atoms with Gasteiger partial charge in [-0.05, 0) is 44.5 Å². The molecular weight excluding hydrogens is 386 g/mol. The first-order valence-electron chi connectivity index (χ1n) is 9.69. The highest BCUT2D eigenvalue weighted by Crippen LogP contribution is 2.29. The first-order chi connectivity index (χ1) is 14.0. The molecule has 0 aliphatic carbocycles. The molecule has 0 aliphatic rings. The summed E-state index contributed by atoms with van der Waals surface area (Å²) in [5.41, 5.74) is 3.01. The van der Waals surface area contributed by atoms with Gasteiger partial charge in [-0.3, -0.25) is 4.40 Å². The molecule has 150 valence electrons. The molecule has 0 unspecified atom stereocenters. The summed E-state index contributed by atoms with van der Waals surface area (Å²) >= 11 is 0. The van der Waals surface area contributed by atoms with Gasteiger partial charge in [0.25, 0.3) is 10.0 Å². The number of hydrogen-bond acceptors (Lipinski definition) is 5. The van der Waals surface area contributed by atoms with Crippen LogP contribution >= 0.6 is 0 Å². The average molecular weight is 410 g/mol. The molecular formula is C21H23N5O2S. The van der Waals surface area contributed by atoms with Crippen LogP contribution in [0, 0.1) is 6.92 Å². The standard InChI is InChI=1S/C21H23N5O2S/c1-4-8-19-23-24-21-20(22-17-9-6-7-10-18(17)26(19)21)25(5-2)29(27,28)16-13-11-15(3)12-14-16/h6-7,9-14H,4-5,8H2,1-3H3. The lowest BCUT2D eigenvalue weighted by Crippen LogP contribution is -2.32. The topological polar surface area (TPSA) is 80.5 Å². The maximum Gasteiger partial charge on any atom is 0.265 e. The van der Waals surface area contributed by atoms with Gasteiger partial charge in [0.1, 0.15) is 5.82 Å². The van der Waals surface area contributed by atoms with Crippen LogP contribution in [0.2, 0.25) is 0 Å². The molecule has 0 N–H and O–H groups in total. The normalized spacial score (nSPS) is 12.0. The van der Waals surface area contributed by atoms with E-state index in [4.69, 9.17) is 0 Å². The van der Waals surface area contributed by atoms with E-state index in [1.54, 1.807) is 31.2 Å². The lowest BCUT2D eigenvalue weighted by atomic mass is 10.2. The number of aromatic nitrogens is 4. The van der Waals surface area contributed by atoms with Crippen molar-refractivity contribution in [1.29, 1.82) is 0 Å². The maximum absolute atomic E-state index is 13.4. The smallest absolute Gasteiger partial charge is 0.265 e. The summed E-state index contributed by atoms with van der Waals surface area (Å²) in [4.78, 5) is 4.91.